The van der Waals surface area contributed by atoms with Crippen molar-refractivity contribution >= 4 is 17.5 Å². The van der Waals surface area contributed by atoms with Gasteiger partial charge in [-0.2, -0.15) is 5.10 Å². The topological polar surface area (TPSA) is 78.5 Å². The number of benzene rings is 2. The lowest BCUT2D eigenvalue weighted by atomic mass is 9.91. The van der Waals surface area contributed by atoms with E-state index in [0.717, 1.165) is 36.2 Å². The van der Waals surface area contributed by atoms with Crippen molar-refractivity contribution in [3.63, 3.8) is 0 Å². The molecule has 0 spiro atoms. The number of amides is 2. The molecule has 1 N–H and O–H groups in total. The van der Waals surface area contributed by atoms with Crippen LogP contribution in [0, 0.1) is 0 Å². The Balaban J connectivity index is 1.34. The first kappa shape index (κ1) is 21.4. The summed E-state index contributed by atoms with van der Waals surface area (Å²) in [6.07, 6.45) is 3.63. The number of nitrogens with one attached hydrogen (secondary N) is 1. The summed E-state index contributed by atoms with van der Waals surface area (Å²) in [5.74, 6) is -0.0919. The molecule has 2 amide bonds. The van der Waals surface area contributed by atoms with Gasteiger partial charge < -0.3 is 14.5 Å². The predicted molar refractivity (Wildman–Crippen MR) is 125 cm³/mol. The second-order valence-corrected chi connectivity index (χ2v) is 8.72. The van der Waals surface area contributed by atoms with Crippen LogP contribution in [-0.2, 0) is 16.0 Å². The number of carbonyl (C=O) groups is 2. The third kappa shape index (κ3) is 4.16. The van der Waals surface area contributed by atoms with E-state index in [1.807, 2.05) is 53.4 Å². The highest BCUT2D eigenvalue weighted by Gasteiger charge is 2.35. The smallest absolute Gasteiger partial charge is 0.261 e. The number of ether oxygens (including phenoxy) is 1. The number of fused-ring (bicyclic) bond motifs is 1. The molecule has 170 valence electrons. The van der Waals surface area contributed by atoms with Crippen LogP contribution in [0.25, 0.3) is 0 Å². The molecule has 3 heterocycles. The van der Waals surface area contributed by atoms with E-state index in [1.165, 1.54) is 5.56 Å². The van der Waals surface area contributed by atoms with Crippen molar-refractivity contribution in [2.45, 2.75) is 31.3 Å². The molecule has 2 atom stereocenters. The molecule has 3 aromatic rings. The zero-order valence-corrected chi connectivity index (χ0v) is 18.7. The largest absolute Gasteiger partial charge is 0.363 e. The van der Waals surface area contributed by atoms with Crippen molar-refractivity contribution in [3.8, 4) is 0 Å². The summed E-state index contributed by atoms with van der Waals surface area (Å²) in [6.45, 7) is 1.78. The van der Waals surface area contributed by atoms with Gasteiger partial charge in [0.25, 0.3) is 11.8 Å². The quantitative estimate of drug-likeness (QED) is 0.666. The van der Waals surface area contributed by atoms with Gasteiger partial charge in [-0.3, -0.25) is 14.7 Å². The van der Waals surface area contributed by atoms with Gasteiger partial charge in [0.2, 0.25) is 0 Å². The van der Waals surface area contributed by atoms with Gasteiger partial charge in [0.15, 0.2) is 6.10 Å². The minimum atomic E-state index is -0.555. The fraction of sp³-hybridized carbons (Fsp3) is 0.346. The molecule has 0 saturated carbocycles. The highest BCUT2D eigenvalue weighted by atomic mass is 16.5. The number of carbonyl (C=O) groups excluding carboxylic acids is 2. The van der Waals surface area contributed by atoms with Gasteiger partial charge in [0.05, 0.1) is 24.1 Å². The number of hydrogen-bond donors (Lipinski definition) is 1. The van der Waals surface area contributed by atoms with Crippen molar-refractivity contribution in [3.05, 3.63) is 83.2 Å². The number of aromatic amines is 1. The summed E-state index contributed by atoms with van der Waals surface area (Å²) in [5.41, 5.74) is 4.33. The zero-order valence-electron chi connectivity index (χ0n) is 18.7. The predicted octanol–water partition coefficient (Wildman–Crippen LogP) is 3.71. The van der Waals surface area contributed by atoms with E-state index >= 15 is 0 Å². The molecular weight excluding hydrogens is 416 g/mol. The number of anilines is 1. The molecule has 0 bridgehead atoms. The molecule has 2 aliphatic heterocycles. The Kier molecular flexibility index (Phi) is 5.96. The lowest BCUT2D eigenvalue weighted by Gasteiger charge is -2.36. The summed E-state index contributed by atoms with van der Waals surface area (Å²) in [6, 6.07) is 17.6. The van der Waals surface area contributed by atoms with Crippen molar-refractivity contribution < 1.29 is 14.3 Å². The fourth-order valence-electron chi connectivity index (χ4n) is 4.90. The van der Waals surface area contributed by atoms with Crippen LogP contribution < -0.4 is 4.90 Å². The van der Waals surface area contributed by atoms with E-state index in [1.54, 1.807) is 18.1 Å². The average Bonchev–Trinajstić information content (AvgIpc) is 3.38. The zero-order chi connectivity index (χ0) is 22.8. The Morgan fingerprint density at radius 3 is 2.76 bits per heavy atom. The normalized spacial score (nSPS) is 20.2. The van der Waals surface area contributed by atoms with E-state index in [4.69, 9.17) is 4.74 Å². The molecule has 0 unspecified atom stereocenters. The molecule has 1 aromatic heterocycles. The Bertz CT molecular complexity index is 1140. The Morgan fingerprint density at radius 1 is 1.12 bits per heavy atom. The summed E-state index contributed by atoms with van der Waals surface area (Å²) in [7, 11) is 1.77. The third-order valence-corrected chi connectivity index (χ3v) is 6.71. The highest BCUT2D eigenvalue weighted by molar-refractivity contribution is 6.06. The number of likely N-dealkylation sites (tertiary alicyclic amines) is 1. The summed E-state index contributed by atoms with van der Waals surface area (Å²) in [5, 5.41) is 7.23. The van der Waals surface area contributed by atoms with Crippen LogP contribution in [-0.4, -0.2) is 53.7 Å². The Labute approximate surface area is 193 Å². The van der Waals surface area contributed by atoms with Crippen LogP contribution in [0.1, 0.15) is 52.0 Å². The molecule has 33 heavy (non-hydrogen) atoms. The molecule has 7 nitrogen and oxygen atoms in total. The van der Waals surface area contributed by atoms with Gasteiger partial charge in [-0.25, -0.2) is 0 Å². The number of nitrogens with zero attached hydrogens (tertiary/aromatic N) is 3. The van der Waals surface area contributed by atoms with Crippen molar-refractivity contribution in [2.24, 2.45) is 0 Å². The first-order valence-corrected chi connectivity index (χ1v) is 11.5. The van der Waals surface area contributed by atoms with E-state index < -0.39 is 6.10 Å². The van der Waals surface area contributed by atoms with Crippen LogP contribution in [0.2, 0.25) is 0 Å². The molecule has 0 aliphatic carbocycles. The number of hydrogen-bond acceptors (Lipinski definition) is 4. The summed E-state index contributed by atoms with van der Waals surface area (Å²) in [4.78, 5) is 30.2. The third-order valence-electron chi connectivity index (χ3n) is 6.71. The number of para-hydroxylation sites is 1. The molecule has 2 aromatic carbocycles. The Morgan fingerprint density at radius 2 is 1.91 bits per heavy atom. The SMILES string of the molecule is CN(C(=O)c1cn[nH]c1[C@@H]1CCCN(C(=O)[C@H]2OCCc3ccccc32)C1)c1ccccc1. The van der Waals surface area contributed by atoms with E-state index in [9.17, 15) is 9.59 Å². The summed E-state index contributed by atoms with van der Waals surface area (Å²) >= 11 is 0. The lowest BCUT2D eigenvalue weighted by molar-refractivity contribution is -0.146. The van der Waals surface area contributed by atoms with Gasteiger partial charge in [0.1, 0.15) is 0 Å². The fourth-order valence-corrected chi connectivity index (χ4v) is 4.90. The second-order valence-electron chi connectivity index (χ2n) is 8.72. The van der Waals surface area contributed by atoms with Gasteiger partial charge in [-0.1, -0.05) is 42.5 Å². The van der Waals surface area contributed by atoms with E-state index in [2.05, 4.69) is 16.3 Å². The maximum Gasteiger partial charge on any atom is 0.261 e. The first-order valence-electron chi connectivity index (χ1n) is 11.5. The van der Waals surface area contributed by atoms with Gasteiger partial charge in [0, 0.05) is 31.7 Å². The van der Waals surface area contributed by atoms with Crippen LogP contribution >= 0.6 is 0 Å². The van der Waals surface area contributed by atoms with Crippen molar-refractivity contribution in [2.75, 3.05) is 31.6 Å². The number of rotatable bonds is 4. The lowest BCUT2D eigenvalue weighted by Crippen LogP contribution is -2.43. The van der Waals surface area contributed by atoms with E-state index in [0.29, 0.717) is 25.3 Å². The standard InChI is InChI=1S/C26H28N4O3/c1-29(20-10-3-2-4-11-20)25(31)22-16-27-28-23(22)19-9-7-14-30(17-19)26(32)24-21-12-6-5-8-18(21)13-15-33-24/h2-6,8,10-12,16,19,24H,7,9,13-15,17H2,1H3,(H,27,28)/t19-,24+/m1/s1. The molecule has 1 saturated heterocycles. The van der Waals surface area contributed by atoms with Crippen LogP contribution in [0.15, 0.2) is 60.8 Å². The van der Waals surface area contributed by atoms with E-state index in [-0.39, 0.29) is 17.7 Å². The van der Waals surface area contributed by atoms with Gasteiger partial charge in [-0.15, -0.1) is 0 Å². The van der Waals surface area contributed by atoms with Crippen LogP contribution in [0.3, 0.4) is 0 Å². The van der Waals surface area contributed by atoms with Crippen LogP contribution in [0.5, 0.6) is 0 Å². The molecular formula is C26H28N4O3. The maximum atomic E-state index is 13.4. The minimum Gasteiger partial charge on any atom is -0.363 e. The minimum absolute atomic E-state index is 0.000598. The maximum absolute atomic E-state index is 13.4. The molecule has 1 fully saturated rings. The molecule has 0 radical (unpaired) electrons. The van der Waals surface area contributed by atoms with Gasteiger partial charge >= 0.3 is 0 Å². The van der Waals surface area contributed by atoms with Gasteiger partial charge in [-0.05, 0) is 42.5 Å². The summed E-state index contributed by atoms with van der Waals surface area (Å²) < 4.78 is 5.92. The highest BCUT2D eigenvalue weighted by Crippen LogP contribution is 2.33. The Hall–Kier alpha value is -3.45. The molecule has 5 rings (SSSR count). The van der Waals surface area contributed by atoms with Crippen molar-refractivity contribution in [1.29, 1.82) is 0 Å². The number of aromatic nitrogens is 2. The molecule has 7 heteroatoms. The van der Waals surface area contributed by atoms with Crippen molar-refractivity contribution in [1.82, 2.24) is 15.1 Å². The molecule has 2 aliphatic rings. The van der Waals surface area contributed by atoms with Crippen LogP contribution in [0.4, 0.5) is 5.69 Å². The number of piperidine rings is 1. The first-order chi connectivity index (χ1) is 16.1. The monoisotopic (exact) mass is 444 g/mol. The number of H-pyrrole nitrogens is 1. The average molecular weight is 445 g/mol. The second kappa shape index (κ2) is 9.19.